The largest absolute Gasteiger partial charge is 0.355 e. The Morgan fingerprint density at radius 2 is 1.75 bits per heavy atom. The molecule has 2 aromatic carbocycles. The van der Waals surface area contributed by atoms with Crippen LogP contribution in [0.15, 0.2) is 42.5 Å². The fourth-order valence-corrected chi connectivity index (χ4v) is 4.28. The molecule has 2 amide bonds. The first kappa shape index (κ1) is 19.9. The molecule has 0 saturated carbocycles. The van der Waals surface area contributed by atoms with Crippen LogP contribution in [0, 0.1) is 0 Å². The van der Waals surface area contributed by atoms with Gasteiger partial charge in [0.15, 0.2) is 0 Å². The third-order valence-electron chi connectivity index (χ3n) is 4.79. The SMILES string of the molecule is CNC(=O)c1ccc(CN(C)C(=O)c2ccc3c(c2)CCN3S(C)(=O)=O)cc1. The molecule has 28 heavy (non-hydrogen) atoms. The van der Waals surface area contributed by atoms with Crippen molar-refractivity contribution in [3.05, 3.63) is 64.7 Å². The average Bonchev–Trinajstić information content (AvgIpc) is 3.11. The second kappa shape index (κ2) is 7.63. The number of anilines is 1. The molecule has 0 spiro atoms. The number of hydrogen-bond donors (Lipinski definition) is 1. The summed E-state index contributed by atoms with van der Waals surface area (Å²) < 4.78 is 25.0. The van der Waals surface area contributed by atoms with Crippen LogP contribution < -0.4 is 9.62 Å². The Labute approximate surface area is 165 Å². The molecular weight excluding hydrogens is 378 g/mol. The van der Waals surface area contributed by atoms with Crippen LogP contribution in [0.5, 0.6) is 0 Å². The quantitative estimate of drug-likeness (QED) is 0.825. The van der Waals surface area contributed by atoms with Crippen molar-refractivity contribution in [2.75, 3.05) is 31.2 Å². The van der Waals surface area contributed by atoms with E-state index in [9.17, 15) is 18.0 Å². The van der Waals surface area contributed by atoms with Crippen LogP contribution in [0.4, 0.5) is 5.69 Å². The van der Waals surface area contributed by atoms with Crippen molar-refractivity contribution in [2.24, 2.45) is 0 Å². The Hall–Kier alpha value is -2.87. The molecule has 0 saturated heterocycles. The third kappa shape index (κ3) is 4.01. The number of fused-ring (bicyclic) bond motifs is 1. The molecule has 148 valence electrons. The van der Waals surface area contributed by atoms with Gasteiger partial charge in [-0.25, -0.2) is 8.42 Å². The Morgan fingerprint density at radius 3 is 2.36 bits per heavy atom. The minimum atomic E-state index is -3.31. The van der Waals surface area contributed by atoms with Crippen molar-refractivity contribution in [2.45, 2.75) is 13.0 Å². The highest BCUT2D eigenvalue weighted by Gasteiger charge is 2.27. The van der Waals surface area contributed by atoms with E-state index in [1.165, 1.54) is 10.6 Å². The summed E-state index contributed by atoms with van der Waals surface area (Å²) >= 11 is 0. The number of rotatable bonds is 5. The fraction of sp³-hybridized carbons (Fsp3) is 0.300. The van der Waals surface area contributed by atoms with E-state index in [0.29, 0.717) is 36.3 Å². The van der Waals surface area contributed by atoms with Crippen LogP contribution in [-0.4, -0.2) is 52.0 Å². The summed E-state index contributed by atoms with van der Waals surface area (Å²) in [6, 6.07) is 12.2. The standard InChI is InChI=1S/C20H23N3O4S/c1-21-19(24)15-6-4-14(5-7-15)13-22(2)20(25)17-8-9-18-16(12-17)10-11-23(18)28(3,26)27/h4-9,12H,10-11,13H2,1-3H3,(H,21,24). The van der Waals surface area contributed by atoms with Crippen LogP contribution in [0.1, 0.15) is 31.8 Å². The van der Waals surface area contributed by atoms with Gasteiger partial charge in [-0.3, -0.25) is 13.9 Å². The minimum absolute atomic E-state index is 0.143. The van der Waals surface area contributed by atoms with Crippen LogP contribution in [0.2, 0.25) is 0 Å². The second-order valence-electron chi connectivity index (χ2n) is 6.87. The van der Waals surface area contributed by atoms with Crippen molar-refractivity contribution in [3.8, 4) is 0 Å². The van der Waals surface area contributed by atoms with E-state index in [4.69, 9.17) is 0 Å². The van der Waals surface area contributed by atoms with Gasteiger partial charge in [-0.15, -0.1) is 0 Å². The average molecular weight is 401 g/mol. The topological polar surface area (TPSA) is 86.8 Å². The van der Waals surface area contributed by atoms with E-state index in [-0.39, 0.29) is 11.8 Å². The van der Waals surface area contributed by atoms with Gasteiger partial charge in [0.25, 0.3) is 11.8 Å². The van der Waals surface area contributed by atoms with E-state index < -0.39 is 10.0 Å². The van der Waals surface area contributed by atoms with E-state index in [0.717, 1.165) is 11.1 Å². The minimum Gasteiger partial charge on any atom is -0.355 e. The fourth-order valence-electron chi connectivity index (χ4n) is 3.32. The zero-order chi connectivity index (χ0) is 20.5. The van der Waals surface area contributed by atoms with E-state index in [2.05, 4.69) is 5.32 Å². The Balaban J connectivity index is 1.73. The third-order valence-corrected chi connectivity index (χ3v) is 5.97. The Kier molecular flexibility index (Phi) is 5.42. The summed E-state index contributed by atoms with van der Waals surface area (Å²) in [4.78, 5) is 26.0. The monoisotopic (exact) mass is 401 g/mol. The number of benzene rings is 2. The molecule has 1 aliphatic heterocycles. The number of carbonyl (C=O) groups excluding carboxylic acids is 2. The van der Waals surface area contributed by atoms with Crippen LogP contribution >= 0.6 is 0 Å². The van der Waals surface area contributed by atoms with Crippen molar-refractivity contribution in [3.63, 3.8) is 0 Å². The molecule has 0 aromatic heterocycles. The number of carbonyl (C=O) groups is 2. The zero-order valence-corrected chi connectivity index (χ0v) is 16.9. The first-order valence-electron chi connectivity index (χ1n) is 8.88. The molecule has 0 unspecified atom stereocenters. The summed E-state index contributed by atoms with van der Waals surface area (Å²) in [6.07, 6.45) is 1.78. The number of nitrogens with zero attached hydrogens (tertiary/aromatic N) is 2. The molecule has 0 atom stereocenters. The maximum atomic E-state index is 12.8. The highest BCUT2D eigenvalue weighted by Crippen LogP contribution is 2.31. The molecule has 2 aromatic rings. The lowest BCUT2D eigenvalue weighted by Gasteiger charge is -2.19. The predicted octanol–water partition coefficient (Wildman–Crippen LogP) is 1.64. The molecule has 0 radical (unpaired) electrons. The van der Waals surface area contributed by atoms with Gasteiger partial charge in [0.05, 0.1) is 11.9 Å². The number of amides is 2. The van der Waals surface area contributed by atoms with Crippen LogP contribution in [-0.2, 0) is 23.0 Å². The molecule has 1 aliphatic rings. The zero-order valence-electron chi connectivity index (χ0n) is 16.1. The van der Waals surface area contributed by atoms with Gasteiger partial charge in [-0.2, -0.15) is 0 Å². The number of hydrogen-bond acceptors (Lipinski definition) is 4. The van der Waals surface area contributed by atoms with Gasteiger partial charge in [-0.1, -0.05) is 12.1 Å². The highest BCUT2D eigenvalue weighted by atomic mass is 32.2. The second-order valence-corrected chi connectivity index (χ2v) is 8.77. The Morgan fingerprint density at radius 1 is 1.11 bits per heavy atom. The lowest BCUT2D eigenvalue weighted by Crippen LogP contribution is -2.28. The van der Waals surface area contributed by atoms with E-state index in [1.54, 1.807) is 49.3 Å². The maximum Gasteiger partial charge on any atom is 0.253 e. The number of nitrogens with one attached hydrogen (secondary N) is 1. The van der Waals surface area contributed by atoms with Gasteiger partial charge in [0.1, 0.15) is 0 Å². The van der Waals surface area contributed by atoms with Crippen molar-refractivity contribution < 1.29 is 18.0 Å². The summed E-state index contributed by atoms with van der Waals surface area (Å²) in [5, 5.41) is 2.57. The first-order chi connectivity index (χ1) is 13.2. The van der Waals surface area contributed by atoms with Gasteiger partial charge in [-0.05, 0) is 47.9 Å². The number of sulfonamides is 1. The molecule has 1 N–H and O–H groups in total. The van der Waals surface area contributed by atoms with Gasteiger partial charge < -0.3 is 10.2 Å². The molecular formula is C20H23N3O4S. The molecule has 3 rings (SSSR count). The van der Waals surface area contributed by atoms with Gasteiger partial charge >= 0.3 is 0 Å². The molecule has 7 nitrogen and oxygen atoms in total. The van der Waals surface area contributed by atoms with Crippen LogP contribution in [0.3, 0.4) is 0 Å². The predicted molar refractivity (Wildman–Crippen MR) is 108 cm³/mol. The lowest BCUT2D eigenvalue weighted by molar-refractivity contribution is 0.0784. The smallest absolute Gasteiger partial charge is 0.253 e. The van der Waals surface area contributed by atoms with E-state index in [1.807, 2.05) is 12.1 Å². The molecule has 8 heteroatoms. The van der Waals surface area contributed by atoms with Crippen molar-refractivity contribution in [1.29, 1.82) is 0 Å². The first-order valence-corrected chi connectivity index (χ1v) is 10.7. The van der Waals surface area contributed by atoms with Gasteiger partial charge in [0, 0.05) is 38.3 Å². The van der Waals surface area contributed by atoms with Gasteiger partial charge in [0.2, 0.25) is 10.0 Å². The molecule has 0 fully saturated rings. The van der Waals surface area contributed by atoms with Crippen LogP contribution in [0.25, 0.3) is 0 Å². The molecule has 1 heterocycles. The van der Waals surface area contributed by atoms with Crippen molar-refractivity contribution >= 4 is 27.5 Å². The molecule has 0 aliphatic carbocycles. The summed E-state index contributed by atoms with van der Waals surface area (Å²) in [5.74, 6) is -0.298. The summed E-state index contributed by atoms with van der Waals surface area (Å²) in [5.41, 5.74) is 3.51. The lowest BCUT2D eigenvalue weighted by atomic mass is 10.1. The molecule has 0 bridgehead atoms. The summed E-state index contributed by atoms with van der Waals surface area (Å²) in [6.45, 7) is 0.804. The summed E-state index contributed by atoms with van der Waals surface area (Å²) in [7, 11) is -0.0171. The van der Waals surface area contributed by atoms with E-state index >= 15 is 0 Å². The maximum absolute atomic E-state index is 12.8. The Bertz CT molecular complexity index is 1020. The van der Waals surface area contributed by atoms with Crippen molar-refractivity contribution in [1.82, 2.24) is 10.2 Å². The normalized spacial score (nSPS) is 13.2. The highest BCUT2D eigenvalue weighted by molar-refractivity contribution is 7.92.